The molecule has 1 unspecified atom stereocenters. The number of rotatable bonds is 8. The molecule has 1 amide bonds. The third-order valence-electron chi connectivity index (χ3n) is 4.48. The van der Waals surface area contributed by atoms with Crippen molar-refractivity contribution in [3.63, 3.8) is 0 Å². The summed E-state index contributed by atoms with van der Waals surface area (Å²) in [5.41, 5.74) is 1.02. The molecule has 1 heterocycles. The predicted molar refractivity (Wildman–Crippen MR) is 105 cm³/mol. The van der Waals surface area contributed by atoms with Crippen molar-refractivity contribution in [3.8, 4) is 23.0 Å². The molecule has 0 aromatic heterocycles. The van der Waals surface area contributed by atoms with Crippen molar-refractivity contribution in [1.29, 1.82) is 0 Å². The fourth-order valence-electron chi connectivity index (χ4n) is 3.04. The van der Waals surface area contributed by atoms with E-state index in [1.165, 1.54) is 21.3 Å². The van der Waals surface area contributed by atoms with Crippen LogP contribution in [0.5, 0.6) is 23.0 Å². The van der Waals surface area contributed by atoms with Crippen LogP contribution in [0.1, 0.15) is 23.2 Å². The quantitative estimate of drug-likeness (QED) is 0.747. The zero-order valence-corrected chi connectivity index (χ0v) is 16.3. The number of carbonyl (C=O) groups excluding carboxylic acids is 1. The molecule has 1 N–H and O–H groups in total. The Labute approximate surface area is 164 Å². The molecule has 1 atom stereocenters. The van der Waals surface area contributed by atoms with Gasteiger partial charge in [-0.3, -0.25) is 4.79 Å². The summed E-state index contributed by atoms with van der Waals surface area (Å²) >= 11 is 0. The van der Waals surface area contributed by atoms with E-state index < -0.39 is 0 Å². The van der Waals surface area contributed by atoms with Gasteiger partial charge in [-0.1, -0.05) is 6.07 Å². The van der Waals surface area contributed by atoms with Crippen LogP contribution in [0.4, 0.5) is 5.69 Å². The number of methoxy groups -OCH3 is 3. The highest BCUT2D eigenvalue weighted by atomic mass is 16.5. The minimum absolute atomic E-state index is 0.137. The summed E-state index contributed by atoms with van der Waals surface area (Å²) in [6, 6.07) is 10.5. The molecule has 28 heavy (non-hydrogen) atoms. The van der Waals surface area contributed by atoms with Crippen LogP contribution >= 0.6 is 0 Å². The van der Waals surface area contributed by atoms with Gasteiger partial charge in [0.2, 0.25) is 5.75 Å². The number of ether oxygens (including phenoxy) is 5. The predicted octanol–water partition coefficient (Wildman–Crippen LogP) is 3.52. The van der Waals surface area contributed by atoms with E-state index >= 15 is 0 Å². The standard InChI is InChI=1S/C21H25NO6/c1-24-18-10-14(11-19(25-2)20(18)26-3)21(23)22-15-6-4-7-16(12-15)28-13-17-8-5-9-27-17/h4,6-7,10-12,17H,5,8-9,13H2,1-3H3,(H,22,23). The molecule has 0 spiro atoms. The Morgan fingerprint density at radius 2 is 1.86 bits per heavy atom. The molecule has 0 saturated carbocycles. The van der Waals surface area contributed by atoms with Gasteiger partial charge in [0.05, 0.1) is 27.4 Å². The Morgan fingerprint density at radius 1 is 1.11 bits per heavy atom. The molecule has 1 saturated heterocycles. The van der Waals surface area contributed by atoms with E-state index in [-0.39, 0.29) is 12.0 Å². The normalized spacial score (nSPS) is 15.8. The largest absolute Gasteiger partial charge is 0.493 e. The highest BCUT2D eigenvalue weighted by Gasteiger charge is 2.18. The number of amides is 1. The second-order valence-electron chi connectivity index (χ2n) is 6.34. The van der Waals surface area contributed by atoms with Crippen LogP contribution in [-0.4, -0.2) is 46.6 Å². The monoisotopic (exact) mass is 387 g/mol. The minimum Gasteiger partial charge on any atom is -0.493 e. The van der Waals surface area contributed by atoms with E-state index in [1.54, 1.807) is 24.3 Å². The van der Waals surface area contributed by atoms with Crippen molar-refractivity contribution >= 4 is 11.6 Å². The van der Waals surface area contributed by atoms with E-state index in [0.29, 0.717) is 40.9 Å². The van der Waals surface area contributed by atoms with Crippen molar-refractivity contribution in [2.75, 3.05) is 39.9 Å². The Bertz CT molecular complexity index is 791. The van der Waals surface area contributed by atoms with Gasteiger partial charge in [0, 0.05) is 23.9 Å². The van der Waals surface area contributed by atoms with Crippen molar-refractivity contribution < 1.29 is 28.5 Å². The maximum absolute atomic E-state index is 12.7. The molecule has 1 aliphatic heterocycles. The number of hydrogen-bond donors (Lipinski definition) is 1. The zero-order chi connectivity index (χ0) is 19.9. The average molecular weight is 387 g/mol. The van der Waals surface area contributed by atoms with Crippen LogP contribution in [0, 0.1) is 0 Å². The summed E-state index contributed by atoms with van der Waals surface area (Å²) in [5, 5.41) is 2.86. The topological polar surface area (TPSA) is 75.3 Å². The molecule has 1 aliphatic rings. The first-order chi connectivity index (χ1) is 13.6. The van der Waals surface area contributed by atoms with Gasteiger partial charge in [0.15, 0.2) is 11.5 Å². The van der Waals surface area contributed by atoms with Crippen molar-refractivity contribution in [2.45, 2.75) is 18.9 Å². The van der Waals surface area contributed by atoms with Crippen LogP contribution in [0.3, 0.4) is 0 Å². The van der Waals surface area contributed by atoms with Crippen LogP contribution in [0.15, 0.2) is 36.4 Å². The fourth-order valence-corrected chi connectivity index (χ4v) is 3.04. The Kier molecular flexibility index (Phi) is 6.60. The van der Waals surface area contributed by atoms with Gasteiger partial charge in [-0.2, -0.15) is 0 Å². The summed E-state index contributed by atoms with van der Waals surface area (Å²) in [7, 11) is 4.53. The van der Waals surface area contributed by atoms with Gasteiger partial charge < -0.3 is 29.0 Å². The van der Waals surface area contributed by atoms with E-state index in [0.717, 1.165) is 19.4 Å². The zero-order valence-electron chi connectivity index (χ0n) is 16.3. The molecule has 0 radical (unpaired) electrons. The smallest absolute Gasteiger partial charge is 0.255 e. The molecular weight excluding hydrogens is 362 g/mol. The van der Waals surface area contributed by atoms with E-state index in [1.807, 2.05) is 12.1 Å². The average Bonchev–Trinajstić information content (AvgIpc) is 3.25. The lowest BCUT2D eigenvalue weighted by molar-refractivity contribution is 0.0680. The molecule has 2 aromatic rings. The maximum Gasteiger partial charge on any atom is 0.255 e. The second kappa shape index (κ2) is 9.32. The number of nitrogens with one attached hydrogen (secondary N) is 1. The molecule has 7 nitrogen and oxygen atoms in total. The molecule has 0 aliphatic carbocycles. The van der Waals surface area contributed by atoms with Crippen LogP contribution in [0.2, 0.25) is 0 Å². The van der Waals surface area contributed by atoms with Crippen molar-refractivity contribution in [2.24, 2.45) is 0 Å². The van der Waals surface area contributed by atoms with Gasteiger partial charge in [0.1, 0.15) is 12.4 Å². The number of carbonyl (C=O) groups is 1. The maximum atomic E-state index is 12.7. The highest BCUT2D eigenvalue weighted by Crippen LogP contribution is 2.38. The summed E-state index contributed by atoms with van der Waals surface area (Å²) in [4.78, 5) is 12.7. The third kappa shape index (κ3) is 4.67. The molecule has 7 heteroatoms. The van der Waals surface area contributed by atoms with Crippen molar-refractivity contribution in [1.82, 2.24) is 0 Å². The van der Waals surface area contributed by atoms with Gasteiger partial charge >= 0.3 is 0 Å². The lowest BCUT2D eigenvalue weighted by Gasteiger charge is -2.15. The van der Waals surface area contributed by atoms with Gasteiger partial charge in [-0.15, -0.1) is 0 Å². The number of benzene rings is 2. The van der Waals surface area contributed by atoms with Crippen LogP contribution in [0.25, 0.3) is 0 Å². The summed E-state index contributed by atoms with van der Waals surface area (Å²) in [6.07, 6.45) is 2.22. The summed E-state index contributed by atoms with van der Waals surface area (Å²) in [6.45, 7) is 1.29. The van der Waals surface area contributed by atoms with E-state index in [9.17, 15) is 4.79 Å². The fraction of sp³-hybridized carbons (Fsp3) is 0.381. The van der Waals surface area contributed by atoms with Crippen molar-refractivity contribution in [3.05, 3.63) is 42.0 Å². The lowest BCUT2D eigenvalue weighted by atomic mass is 10.1. The molecule has 150 valence electrons. The Balaban J connectivity index is 1.71. The molecule has 0 bridgehead atoms. The highest BCUT2D eigenvalue weighted by molar-refractivity contribution is 6.05. The van der Waals surface area contributed by atoms with Gasteiger partial charge in [-0.25, -0.2) is 0 Å². The second-order valence-corrected chi connectivity index (χ2v) is 6.34. The first kappa shape index (κ1) is 19.8. The van der Waals surface area contributed by atoms with E-state index in [2.05, 4.69) is 5.32 Å². The minimum atomic E-state index is -0.296. The Hall–Kier alpha value is -2.93. The molecular formula is C21H25NO6. The number of anilines is 1. The van der Waals surface area contributed by atoms with Gasteiger partial charge in [0.25, 0.3) is 5.91 Å². The number of hydrogen-bond acceptors (Lipinski definition) is 6. The molecule has 2 aromatic carbocycles. The third-order valence-corrected chi connectivity index (χ3v) is 4.48. The van der Waals surface area contributed by atoms with Crippen LogP contribution < -0.4 is 24.3 Å². The Morgan fingerprint density at radius 3 is 2.46 bits per heavy atom. The SMILES string of the molecule is COc1cc(C(=O)Nc2cccc(OCC3CCCO3)c2)cc(OC)c1OC. The first-order valence-electron chi connectivity index (χ1n) is 9.10. The van der Waals surface area contributed by atoms with Gasteiger partial charge in [-0.05, 0) is 37.1 Å². The summed E-state index contributed by atoms with van der Waals surface area (Å²) < 4.78 is 27.2. The molecule has 3 rings (SSSR count). The van der Waals surface area contributed by atoms with E-state index in [4.69, 9.17) is 23.7 Å². The first-order valence-corrected chi connectivity index (χ1v) is 9.10. The molecule has 1 fully saturated rings. The van der Waals surface area contributed by atoms with Crippen LogP contribution in [-0.2, 0) is 4.74 Å². The lowest BCUT2D eigenvalue weighted by Crippen LogP contribution is -2.16. The summed E-state index contributed by atoms with van der Waals surface area (Å²) in [5.74, 6) is 1.65.